The fraction of sp³-hybridized carbons (Fsp3) is 0.941. The van der Waals surface area contributed by atoms with Gasteiger partial charge in [-0.2, -0.15) is 0 Å². The van der Waals surface area contributed by atoms with E-state index >= 15 is 0 Å². The number of likely N-dealkylation sites (tertiary alicyclic amines) is 1. The first-order valence-electron chi connectivity index (χ1n) is 8.86. The number of nitrogens with two attached hydrogens (primary N) is 1. The fourth-order valence-corrected chi connectivity index (χ4v) is 3.91. The van der Waals surface area contributed by atoms with Gasteiger partial charge < -0.3 is 11.1 Å². The van der Waals surface area contributed by atoms with Gasteiger partial charge in [-0.3, -0.25) is 9.69 Å². The van der Waals surface area contributed by atoms with Crippen LogP contribution in [0, 0.1) is 5.41 Å². The normalized spacial score (nSPS) is 24.5. The Morgan fingerprint density at radius 1 is 1.14 bits per heavy atom. The van der Waals surface area contributed by atoms with Gasteiger partial charge in [0.25, 0.3) is 0 Å². The molecule has 0 radical (unpaired) electrons. The van der Waals surface area contributed by atoms with Gasteiger partial charge in [-0.05, 0) is 57.7 Å². The number of rotatable bonds is 6. The number of carbonyl (C=O) groups excluding carboxylic acids is 1. The zero-order valence-electron chi connectivity index (χ0n) is 13.7. The van der Waals surface area contributed by atoms with E-state index in [1.807, 2.05) is 0 Å². The molecule has 1 unspecified atom stereocenters. The van der Waals surface area contributed by atoms with Gasteiger partial charge in [0.05, 0.1) is 0 Å². The molecular formula is C17H33N3O. The zero-order chi connectivity index (χ0) is 15.1. The first-order valence-corrected chi connectivity index (χ1v) is 8.86. The molecule has 2 rings (SSSR count). The molecule has 0 aromatic rings. The molecule has 4 nitrogen and oxygen atoms in total. The van der Waals surface area contributed by atoms with Crippen molar-refractivity contribution >= 4 is 5.91 Å². The number of hydrogen-bond donors (Lipinski definition) is 2. The van der Waals surface area contributed by atoms with E-state index in [1.165, 1.54) is 51.6 Å². The van der Waals surface area contributed by atoms with Crippen LogP contribution in [0.1, 0.15) is 64.7 Å². The van der Waals surface area contributed by atoms with Gasteiger partial charge in [-0.15, -0.1) is 0 Å². The predicted molar refractivity (Wildman–Crippen MR) is 87.1 cm³/mol. The maximum atomic E-state index is 12.3. The number of hydrogen-bond acceptors (Lipinski definition) is 3. The molecule has 1 amide bonds. The summed E-state index contributed by atoms with van der Waals surface area (Å²) in [6, 6.07) is 0.453. The van der Waals surface area contributed by atoms with Crippen molar-refractivity contribution in [3.8, 4) is 0 Å². The Morgan fingerprint density at radius 2 is 1.76 bits per heavy atom. The molecule has 3 N–H and O–H groups in total. The highest BCUT2D eigenvalue weighted by Crippen LogP contribution is 2.38. The fourth-order valence-electron chi connectivity index (χ4n) is 3.91. The third kappa shape index (κ3) is 4.96. The van der Waals surface area contributed by atoms with Crippen LogP contribution in [0.25, 0.3) is 0 Å². The Bertz CT molecular complexity index is 320. The molecule has 0 aromatic heterocycles. The largest absolute Gasteiger partial charge is 0.355 e. The molecule has 1 saturated carbocycles. The summed E-state index contributed by atoms with van der Waals surface area (Å²) in [5, 5.41) is 3.15. The monoisotopic (exact) mass is 295 g/mol. The number of carbonyl (C=O) groups is 1. The highest BCUT2D eigenvalue weighted by molar-refractivity contribution is 5.76. The molecule has 2 aliphatic rings. The van der Waals surface area contributed by atoms with E-state index in [-0.39, 0.29) is 11.3 Å². The van der Waals surface area contributed by atoms with Crippen LogP contribution < -0.4 is 11.1 Å². The second-order valence-corrected chi connectivity index (χ2v) is 7.19. The lowest BCUT2D eigenvalue weighted by molar-refractivity contribution is -0.124. The number of amides is 1. The maximum Gasteiger partial charge on any atom is 0.220 e. The number of nitrogens with zero attached hydrogens (tertiary/aromatic N) is 1. The topological polar surface area (TPSA) is 58.4 Å². The lowest BCUT2D eigenvalue weighted by atomic mass is 9.71. The Labute approximate surface area is 129 Å². The second-order valence-electron chi connectivity index (χ2n) is 7.19. The molecule has 0 aromatic carbocycles. The van der Waals surface area contributed by atoms with Crippen LogP contribution in [0.3, 0.4) is 0 Å². The van der Waals surface area contributed by atoms with Crippen molar-refractivity contribution in [1.82, 2.24) is 10.2 Å². The van der Waals surface area contributed by atoms with E-state index in [1.54, 1.807) is 0 Å². The van der Waals surface area contributed by atoms with Crippen LogP contribution in [0.4, 0.5) is 0 Å². The molecule has 0 bridgehead atoms. The molecule has 4 heteroatoms. The van der Waals surface area contributed by atoms with Crippen molar-refractivity contribution in [3.05, 3.63) is 0 Å². The van der Waals surface area contributed by atoms with Gasteiger partial charge >= 0.3 is 0 Å². The minimum absolute atomic E-state index is 0.0801. The SMILES string of the molecule is CC(CNC(=O)CC1(CN)CCCCC1)N1CCCCC1. The first-order chi connectivity index (χ1) is 10.2. The zero-order valence-corrected chi connectivity index (χ0v) is 13.7. The van der Waals surface area contributed by atoms with E-state index in [9.17, 15) is 4.79 Å². The van der Waals surface area contributed by atoms with Crippen molar-refractivity contribution in [2.45, 2.75) is 70.8 Å². The summed E-state index contributed by atoms with van der Waals surface area (Å²) in [5.74, 6) is 0.200. The molecule has 1 atom stereocenters. The van der Waals surface area contributed by atoms with Crippen molar-refractivity contribution in [3.63, 3.8) is 0 Å². The van der Waals surface area contributed by atoms with Crippen LogP contribution in [-0.2, 0) is 4.79 Å². The minimum atomic E-state index is 0.0801. The second kappa shape index (κ2) is 8.14. The summed E-state index contributed by atoms with van der Waals surface area (Å²) >= 11 is 0. The number of piperidine rings is 1. The Kier molecular flexibility index (Phi) is 6.49. The highest BCUT2D eigenvalue weighted by Gasteiger charge is 2.33. The minimum Gasteiger partial charge on any atom is -0.355 e. The molecule has 122 valence electrons. The van der Waals surface area contributed by atoms with E-state index in [0.29, 0.717) is 19.0 Å². The van der Waals surface area contributed by atoms with Gasteiger partial charge in [0.1, 0.15) is 0 Å². The van der Waals surface area contributed by atoms with E-state index in [0.717, 1.165) is 19.4 Å². The third-order valence-corrected chi connectivity index (χ3v) is 5.49. The van der Waals surface area contributed by atoms with E-state index in [4.69, 9.17) is 5.73 Å². The predicted octanol–water partition coefficient (Wildman–Crippen LogP) is 2.28. The summed E-state index contributed by atoms with van der Waals surface area (Å²) < 4.78 is 0. The van der Waals surface area contributed by atoms with E-state index < -0.39 is 0 Å². The summed E-state index contributed by atoms with van der Waals surface area (Å²) in [4.78, 5) is 14.8. The summed E-state index contributed by atoms with van der Waals surface area (Å²) in [6.07, 6.45) is 10.6. The van der Waals surface area contributed by atoms with Crippen molar-refractivity contribution in [2.24, 2.45) is 11.1 Å². The van der Waals surface area contributed by atoms with Crippen LogP contribution in [0.2, 0.25) is 0 Å². The van der Waals surface area contributed by atoms with Gasteiger partial charge in [0.15, 0.2) is 0 Å². The van der Waals surface area contributed by atoms with Crippen LogP contribution >= 0.6 is 0 Å². The molecule has 2 fully saturated rings. The van der Waals surface area contributed by atoms with E-state index in [2.05, 4.69) is 17.1 Å². The van der Waals surface area contributed by atoms with Crippen LogP contribution in [0.15, 0.2) is 0 Å². The number of nitrogens with one attached hydrogen (secondary N) is 1. The summed E-state index contributed by atoms with van der Waals surface area (Å²) in [6.45, 7) is 6.03. The average Bonchev–Trinajstić information content (AvgIpc) is 2.54. The van der Waals surface area contributed by atoms with Crippen molar-refractivity contribution in [1.29, 1.82) is 0 Å². The van der Waals surface area contributed by atoms with Gasteiger partial charge in [0, 0.05) is 19.0 Å². The Hall–Kier alpha value is -0.610. The molecule has 1 heterocycles. The Balaban J connectivity index is 1.73. The molecule has 21 heavy (non-hydrogen) atoms. The molecule has 1 saturated heterocycles. The maximum absolute atomic E-state index is 12.3. The third-order valence-electron chi connectivity index (χ3n) is 5.49. The summed E-state index contributed by atoms with van der Waals surface area (Å²) in [7, 11) is 0. The summed E-state index contributed by atoms with van der Waals surface area (Å²) in [5.41, 5.74) is 6.05. The van der Waals surface area contributed by atoms with Crippen molar-refractivity contribution in [2.75, 3.05) is 26.2 Å². The smallest absolute Gasteiger partial charge is 0.220 e. The first kappa shape index (κ1) is 16.8. The quantitative estimate of drug-likeness (QED) is 0.790. The van der Waals surface area contributed by atoms with Gasteiger partial charge in [-0.1, -0.05) is 25.7 Å². The van der Waals surface area contributed by atoms with Crippen LogP contribution in [-0.4, -0.2) is 43.0 Å². The highest BCUT2D eigenvalue weighted by atomic mass is 16.1. The van der Waals surface area contributed by atoms with Crippen LogP contribution in [0.5, 0.6) is 0 Å². The van der Waals surface area contributed by atoms with Gasteiger partial charge in [-0.25, -0.2) is 0 Å². The van der Waals surface area contributed by atoms with Crippen molar-refractivity contribution < 1.29 is 4.79 Å². The average molecular weight is 295 g/mol. The Morgan fingerprint density at radius 3 is 2.38 bits per heavy atom. The molecular weight excluding hydrogens is 262 g/mol. The lowest BCUT2D eigenvalue weighted by Crippen LogP contribution is -2.46. The lowest BCUT2D eigenvalue weighted by Gasteiger charge is -2.36. The van der Waals surface area contributed by atoms with Gasteiger partial charge in [0.2, 0.25) is 5.91 Å². The molecule has 1 aliphatic carbocycles. The molecule has 1 aliphatic heterocycles. The standard InChI is InChI=1S/C17H33N3O/c1-15(20-10-6-3-7-11-20)13-19-16(21)12-17(14-18)8-4-2-5-9-17/h15H,2-14,18H2,1H3,(H,19,21). The molecule has 0 spiro atoms.